The lowest BCUT2D eigenvalue weighted by Gasteiger charge is -2.30. The van der Waals surface area contributed by atoms with E-state index in [4.69, 9.17) is 9.47 Å². The lowest BCUT2D eigenvalue weighted by atomic mass is 9.91. The molecular formula is C16H19N3O2. The van der Waals surface area contributed by atoms with E-state index < -0.39 is 0 Å². The van der Waals surface area contributed by atoms with Gasteiger partial charge in [-0.05, 0) is 42.7 Å². The average molecular weight is 285 g/mol. The summed E-state index contributed by atoms with van der Waals surface area (Å²) >= 11 is 0. The van der Waals surface area contributed by atoms with Crippen molar-refractivity contribution in [2.45, 2.75) is 25.9 Å². The van der Waals surface area contributed by atoms with Gasteiger partial charge in [-0.25, -0.2) is 0 Å². The van der Waals surface area contributed by atoms with Crippen LogP contribution < -0.4 is 14.8 Å². The molecule has 0 spiro atoms. The molecule has 0 radical (unpaired) electrons. The lowest BCUT2D eigenvalue weighted by Crippen LogP contribution is -2.32. The summed E-state index contributed by atoms with van der Waals surface area (Å²) in [5.74, 6) is 1.74. The Balaban J connectivity index is 1.80. The van der Waals surface area contributed by atoms with Gasteiger partial charge in [-0.2, -0.15) is 5.10 Å². The van der Waals surface area contributed by atoms with E-state index in [1.807, 2.05) is 10.9 Å². The number of nitrogens with one attached hydrogen (secondary N) is 1. The maximum Gasteiger partial charge on any atom is 0.161 e. The van der Waals surface area contributed by atoms with Gasteiger partial charge in [0.05, 0.1) is 11.7 Å². The number of aryl methyl sites for hydroxylation is 1. The summed E-state index contributed by atoms with van der Waals surface area (Å²) in [6.45, 7) is 5.21. The fraction of sp³-hybridized carbons (Fsp3) is 0.438. The highest BCUT2D eigenvalue weighted by molar-refractivity contribution is 5.51. The Kier molecular flexibility index (Phi) is 3.07. The minimum Gasteiger partial charge on any atom is -0.486 e. The molecule has 21 heavy (non-hydrogen) atoms. The van der Waals surface area contributed by atoms with Gasteiger partial charge in [0.2, 0.25) is 0 Å². The molecule has 1 aromatic heterocycles. The van der Waals surface area contributed by atoms with Crippen LogP contribution in [0.15, 0.2) is 24.4 Å². The molecule has 4 rings (SSSR count). The molecular weight excluding hydrogens is 266 g/mol. The molecule has 1 aromatic carbocycles. The molecule has 0 bridgehead atoms. The Bertz CT molecular complexity index is 666. The molecule has 0 fully saturated rings. The van der Waals surface area contributed by atoms with Crippen molar-refractivity contribution in [3.05, 3.63) is 41.2 Å². The van der Waals surface area contributed by atoms with Crippen LogP contribution in [0.25, 0.3) is 0 Å². The van der Waals surface area contributed by atoms with Crippen LogP contribution in [0, 0.1) is 0 Å². The van der Waals surface area contributed by atoms with Gasteiger partial charge in [0.25, 0.3) is 0 Å². The standard InChI is InChI=1S/C16H19N3O2/c1-2-19-13(4-6-18-19)16-12-10-15-14(20-7-8-21-15)9-11(12)3-5-17-16/h4,6,9-10,16-17H,2-3,5,7-8H2,1H3. The Labute approximate surface area is 123 Å². The number of hydrogen-bond acceptors (Lipinski definition) is 4. The molecule has 1 unspecified atom stereocenters. The first-order chi connectivity index (χ1) is 10.4. The van der Waals surface area contributed by atoms with Gasteiger partial charge in [-0.3, -0.25) is 4.68 Å². The van der Waals surface area contributed by atoms with Crippen molar-refractivity contribution in [1.82, 2.24) is 15.1 Å². The summed E-state index contributed by atoms with van der Waals surface area (Å²) in [7, 11) is 0. The zero-order chi connectivity index (χ0) is 14.2. The van der Waals surface area contributed by atoms with E-state index in [2.05, 4.69) is 35.5 Å². The van der Waals surface area contributed by atoms with Gasteiger partial charge >= 0.3 is 0 Å². The molecule has 5 nitrogen and oxygen atoms in total. The van der Waals surface area contributed by atoms with E-state index in [0.29, 0.717) is 13.2 Å². The quantitative estimate of drug-likeness (QED) is 0.915. The molecule has 3 heterocycles. The number of fused-ring (bicyclic) bond motifs is 2. The number of benzene rings is 1. The number of nitrogens with zero attached hydrogens (tertiary/aromatic N) is 2. The van der Waals surface area contributed by atoms with Crippen LogP contribution in [0.4, 0.5) is 0 Å². The summed E-state index contributed by atoms with van der Waals surface area (Å²) in [5.41, 5.74) is 3.82. The zero-order valence-electron chi connectivity index (χ0n) is 12.1. The number of ether oxygens (including phenoxy) is 2. The fourth-order valence-electron chi connectivity index (χ4n) is 3.21. The highest BCUT2D eigenvalue weighted by Gasteiger charge is 2.27. The molecule has 0 saturated carbocycles. The number of aromatic nitrogens is 2. The fourth-order valence-corrected chi connectivity index (χ4v) is 3.21. The maximum atomic E-state index is 5.74. The molecule has 5 heteroatoms. The van der Waals surface area contributed by atoms with E-state index in [0.717, 1.165) is 31.0 Å². The maximum absolute atomic E-state index is 5.74. The first-order valence-corrected chi connectivity index (χ1v) is 7.54. The van der Waals surface area contributed by atoms with Crippen LogP contribution in [0.2, 0.25) is 0 Å². The molecule has 0 saturated heterocycles. The second kappa shape index (κ2) is 5.07. The molecule has 1 atom stereocenters. The van der Waals surface area contributed by atoms with E-state index in [1.54, 1.807) is 0 Å². The van der Waals surface area contributed by atoms with Crippen molar-refractivity contribution in [3.8, 4) is 11.5 Å². The monoisotopic (exact) mass is 285 g/mol. The van der Waals surface area contributed by atoms with Crippen LogP contribution >= 0.6 is 0 Å². The van der Waals surface area contributed by atoms with Crippen molar-refractivity contribution < 1.29 is 9.47 Å². The molecule has 0 amide bonds. The summed E-state index contributed by atoms with van der Waals surface area (Å²) in [4.78, 5) is 0. The predicted molar refractivity (Wildman–Crippen MR) is 78.9 cm³/mol. The smallest absolute Gasteiger partial charge is 0.161 e. The van der Waals surface area contributed by atoms with E-state index in [1.165, 1.54) is 16.8 Å². The van der Waals surface area contributed by atoms with Gasteiger partial charge in [-0.15, -0.1) is 0 Å². The van der Waals surface area contributed by atoms with Crippen molar-refractivity contribution in [2.24, 2.45) is 0 Å². The minimum absolute atomic E-state index is 0.173. The Morgan fingerprint density at radius 2 is 2.10 bits per heavy atom. The molecule has 110 valence electrons. The van der Waals surface area contributed by atoms with Crippen LogP contribution in [0.3, 0.4) is 0 Å². The summed E-state index contributed by atoms with van der Waals surface area (Å²) in [5, 5.41) is 7.99. The Hall–Kier alpha value is -2.01. The Morgan fingerprint density at radius 3 is 2.90 bits per heavy atom. The highest BCUT2D eigenvalue weighted by Crippen LogP contribution is 2.38. The second-order valence-corrected chi connectivity index (χ2v) is 5.40. The average Bonchev–Trinajstić information content (AvgIpc) is 3.00. The third-order valence-corrected chi connectivity index (χ3v) is 4.20. The highest BCUT2D eigenvalue weighted by atomic mass is 16.6. The van der Waals surface area contributed by atoms with Crippen molar-refractivity contribution in [2.75, 3.05) is 19.8 Å². The third-order valence-electron chi connectivity index (χ3n) is 4.20. The summed E-state index contributed by atoms with van der Waals surface area (Å²) < 4.78 is 13.5. The van der Waals surface area contributed by atoms with Crippen LogP contribution in [-0.2, 0) is 13.0 Å². The van der Waals surface area contributed by atoms with Crippen molar-refractivity contribution in [3.63, 3.8) is 0 Å². The molecule has 2 aliphatic heterocycles. The van der Waals surface area contributed by atoms with Gasteiger partial charge in [-0.1, -0.05) is 0 Å². The van der Waals surface area contributed by atoms with E-state index >= 15 is 0 Å². The normalized spacial score (nSPS) is 20.1. The molecule has 2 aromatic rings. The Morgan fingerprint density at radius 1 is 1.29 bits per heavy atom. The molecule has 2 aliphatic rings. The third kappa shape index (κ3) is 2.08. The van der Waals surface area contributed by atoms with Gasteiger partial charge in [0.1, 0.15) is 13.2 Å². The first kappa shape index (κ1) is 12.7. The molecule has 1 N–H and O–H groups in total. The summed E-state index contributed by atoms with van der Waals surface area (Å²) in [6, 6.07) is 6.54. The van der Waals surface area contributed by atoms with Crippen LogP contribution in [0.1, 0.15) is 29.8 Å². The number of hydrogen-bond donors (Lipinski definition) is 1. The SMILES string of the molecule is CCn1nccc1C1NCCc2cc3c(cc21)OCCO3. The zero-order valence-corrected chi connectivity index (χ0v) is 12.1. The first-order valence-electron chi connectivity index (χ1n) is 7.54. The van der Waals surface area contributed by atoms with Crippen LogP contribution in [0.5, 0.6) is 11.5 Å². The largest absolute Gasteiger partial charge is 0.486 e. The minimum atomic E-state index is 0.173. The van der Waals surface area contributed by atoms with Crippen LogP contribution in [-0.4, -0.2) is 29.5 Å². The summed E-state index contributed by atoms with van der Waals surface area (Å²) in [6.07, 6.45) is 2.88. The van der Waals surface area contributed by atoms with Crippen molar-refractivity contribution >= 4 is 0 Å². The van der Waals surface area contributed by atoms with Gasteiger partial charge < -0.3 is 14.8 Å². The van der Waals surface area contributed by atoms with Crippen molar-refractivity contribution in [1.29, 1.82) is 0 Å². The molecule has 0 aliphatic carbocycles. The lowest BCUT2D eigenvalue weighted by molar-refractivity contribution is 0.171. The second-order valence-electron chi connectivity index (χ2n) is 5.40. The van der Waals surface area contributed by atoms with Gasteiger partial charge in [0.15, 0.2) is 11.5 Å². The van der Waals surface area contributed by atoms with E-state index in [-0.39, 0.29) is 6.04 Å². The topological polar surface area (TPSA) is 48.3 Å². The van der Waals surface area contributed by atoms with E-state index in [9.17, 15) is 0 Å². The van der Waals surface area contributed by atoms with Gasteiger partial charge in [0, 0.05) is 19.3 Å². The number of rotatable bonds is 2. The predicted octanol–water partition coefficient (Wildman–Crippen LogP) is 1.91.